The minimum Gasteiger partial charge on any atom is -0.508 e. The SMILES string of the molecule is CC/C(=C(\c1ccc(O)cc1)c1ccc(N2CCC(CN3CCN(c4ccnc(CC(=O)N(C)C5CCC(=O)NC5=O)c4)CC3)CC2)cc1)c1ccccc1. The van der Waals surface area contributed by atoms with E-state index in [0.29, 0.717) is 18.0 Å². The summed E-state index contributed by atoms with van der Waals surface area (Å²) in [6.07, 6.45) is 5.68. The summed E-state index contributed by atoms with van der Waals surface area (Å²) in [6, 6.07) is 30.6. The smallest absolute Gasteiger partial charge is 0.249 e. The molecule has 3 aliphatic heterocycles. The number of anilines is 2. The van der Waals surface area contributed by atoms with Gasteiger partial charge >= 0.3 is 0 Å². The van der Waals surface area contributed by atoms with Crippen molar-refractivity contribution < 1.29 is 19.5 Å². The van der Waals surface area contributed by atoms with Gasteiger partial charge in [-0.2, -0.15) is 0 Å². The Kier molecular flexibility index (Phi) is 11.9. The molecule has 3 amide bonds. The third-order valence-corrected chi connectivity index (χ3v) is 11.5. The van der Waals surface area contributed by atoms with Crippen molar-refractivity contribution in [2.75, 3.05) is 62.7 Å². The molecule has 3 saturated heterocycles. The van der Waals surface area contributed by atoms with Gasteiger partial charge in [0.1, 0.15) is 11.8 Å². The molecule has 2 N–H and O–H groups in total. The number of nitrogens with zero attached hydrogens (tertiary/aromatic N) is 5. The number of nitrogens with one attached hydrogen (secondary N) is 1. The van der Waals surface area contributed by atoms with E-state index in [9.17, 15) is 19.5 Å². The predicted molar refractivity (Wildman–Crippen MR) is 218 cm³/mol. The van der Waals surface area contributed by atoms with E-state index in [1.807, 2.05) is 24.3 Å². The summed E-state index contributed by atoms with van der Waals surface area (Å²) in [4.78, 5) is 50.2. The van der Waals surface area contributed by atoms with Crippen LogP contribution in [0.3, 0.4) is 0 Å². The topological polar surface area (TPSA) is 109 Å². The molecule has 3 aliphatic rings. The second-order valence-corrected chi connectivity index (χ2v) is 15.0. The average Bonchev–Trinajstić information content (AvgIpc) is 3.21. The van der Waals surface area contributed by atoms with Gasteiger partial charge < -0.3 is 19.8 Å². The van der Waals surface area contributed by atoms with Gasteiger partial charge in [0, 0.05) is 76.9 Å². The van der Waals surface area contributed by atoms with Crippen LogP contribution < -0.4 is 15.1 Å². The van der Waals surface area contributed by atoms with Crippen molar-refractivity contribution in [1.82, 2.24) is 20.1 Å². The lowest BCUT2D eigenvalue weighted by Crippen LogP contribution is -2.53. The number of amides is 3. The van der Waals surface area contributed by atoms with Crippen molar-refractivity contribution in [3.63, 3.8) is 0 Å². The lowest BCUT2D eigenvalue weighted by Gasteiger charge is -2.40. The molecule has 10 heteroatoms. The van der Waals surface area contributed by atoms with Crippen LogP contribution in [0.15, 0.2) is 97.2 Å². The molecule has 7 rings (SSSR count). The van der Waals surface area contributed by atoms with Crippen LogP contribution in [0, 0.1) is 5.92 Å². The van der Waals surface area contributed by atoms with E-state index in [4.69, 9.17) is 0 Å². The van der Waals surface area contributed by atoms with Gasteiger partial charge in [0.15, 0.2) is 0 Å². The number of benzene rings is 3. The summed E-state index contributed by atoms with van der Waals surface area (Å²) in [5.41, 5.74) is 8.99. The number of carbonyl (C=O) groups excluding carboxylic acids is 3. The van der Waals surface area contributed by atoms with E-state index in [-0.39, 0.29) is 30.4 Å². The van der Waals surface area contributed by atoms with Gasteiger partial charge in [-0.3, -0.25) is 29.6 Å². The molecule has 0 saturated carbocycles. The molecule has 286 valence electrons. The molecule has 3 aromatic carbocycles. The van der Waals surface area contributed by atoms with E-state index < -0.39 is 11.9 Å². The zero-order valence-electron chi connectivity index (χ0n) is 32.0. The van der Waals surface area contributed by atoms with E-state index in [1.165, 1.54) is 45.7 Å². The minimum absolute atomic E-state index is 0.108. The number of rotatable bonds is 11. The summed E-state index contributed by atoms with van der Waals surface area (Å²) in [5, 5.41) is 12.3. The Hall–Kier alpha value is -5.48. The summed E-state index contributed by atoms with van der Waals surface area (Å²) in [6.45, 7) is 9.25. The molecule has 0 radical (unpaired) electrons. The number of piperidine rings is 2. The predicted octanol–water partition coefficient (Wildman–Crippen LogP) is 6.00. The van der Waals surface area contributed by atoms with E-state index in [1.54, 1.807) is 25.4 Å². The summed E-state index contributed by atoms with van der Waals surface area (Å²) in [5.74, 6) is 0.0483. The number of pyridine rings is 1. The molecule has 10 nitrogen and oxygen atoms in total. The Morgan fingerprint density at radius 3 is 2.11 bits per heavy atom. The second kappa shape index (κ2) is 17.3. The van der Waals surface area contributed by atoms with Crippen LogP contribution in [-0.4, -0.2) is 96.5 Å². The third kappa shape index (κ3) is 9.08. The summed E-state index contributed by atoms with van der Waals surface area (Å²) >= 11 is 0. The van der Waals surface area contributed by atoms with Crippen molar-refractivity contribution in [2.45, 2.75) is 51.5 Å². The lowest BCUT2D eigenvalue weighted by molar-refractivity contribution is -0.144. The second-order valence-electron chi connectivity index (χ2n) is 15.0. The van der Waals surface area contributed by atoms with E-state index in [2.05, 4.69) is 86.5 Å². The fraction of sp³-hybridized carbons (Fsp3) is 0.378. The number of allylic oxidation sites excluding steroid dienone is 1. The maximum Gasteiger partial charge on any atom is 0.249 e. The molecule has 0 bridgehead atoms. The van der Waals surface area contributed by atoms with Gasteiger partial charge in [-0.1, -0.05) is 61.5 Å². The number of aromatic hydroxyl groups is 1. The van der Waals surface area contributed by atoms with Gasteiger partial charge in [-0.15, -0.1) is 0 Å². The maximum atomic E-state index is 13.0. The quantitative estimate of drug-likeness (QED) is 0.143. The fourth-order valence-electron chi connectivity index (χ4n) is 8.34. The van der Waals surface area contributed by atoms with Crippen LogP contribution in [0.1, 0.15) is 61.4 Å². The van der Waals surface area contributed by atoms with Gasteiger partial charge in [0.25, 0.3) is 0 Å². The molecule has 1 atom stereocenters. The van der Waals surface area contributed by atoms with E-state index >= 15 is 0 Å². The van der Waals surface area contributed by atoms with Crippen molar-refractivity contribution in [1.29, 1.82) is 0 Å². The van der Waals surface area contributed by atoms with Crippen LogP contribution in [0.25, 0.3) is 11.1 Å². The van der Waals surface area contributed by atoms with Gasteiger partial charge in [0.05, 0.1) is 12.1 Å². The number of hydrogen-bond acceptors (Lipinski definition) is 8. The van der Waals surface area contributed by atoms with Gasteiger partial charge in [-0.25, -0.2) is 0 Å². The standard InChI is InChI=1S/C45H52N6O4/c1-3-40(33-7-5-4-6-8-33)44(35-11-15-39(52)16-12-35)34-9-13-37(14-10-34)50-23-20-32(21-24-50)31-49-25-27-51(28-26-49)38-19-22-46-36(29-38)30-43(54)48(2)41-17-18-42(53)47-45(41)55/h4-16,19,22,29,32,41,52H,3,17-18,20-21,23-28,30-31H2,1-2H3,(H,47,53,55)/b44-40+. The Labute approximate surface area is 324 Å². The lowest BCUT2D eigenvalue weighted by atomic mass is 9.88. The zero-order chi connectivity index (χ0) is 38.3. The number of likely N-dealkylation sites (N-methyl/N-ethyl adjacent to an activating group) is 1. The number of phenolic OH excluding ortho intramolecular Hbond substituents is 1. The highest BCUT2D eigenvalue weighted by atomic mass is 16.3. The number of phenols is 1. The Balaban J connectivity index is 0.907. The highest BCUT2D eigenvalue weighted by Gasteiger charge is 2.32. The number of piperazine rings is 1. The fourth-order valence-corrected chi connectivity index (χ4v) is 8.34. The molecule has 4 aromatic rings. The first-order valence-corrected chi connectivity index (χ1v) is 19.7. The minimum atomic E-state index is -0.630. The maximum absolute atomic E-state index is 13.0. The highest BCUT2D eigenvalue weighted by Crippen LogP contribution is 2.36. The normalized spacial score (nSPS) is 18.8. The van der Waals surface area contributed by atoms with Gasteiger partial charge in [-0.05, 0) is 95.8 Å². The molecule has 1 aromatic heterocycles. The first kappa shape index (κ1) is 37.8. The number of aromatic nitrogens is 1. The number of hydrogen-bond donors (Lipinski definition) is 2. The highest BCUT2D eigenvalue weighted by molar-refractivity contribution is 6.02. The monoisotopic (exact) mass is 740 g/mol. The molecule has 0 aliphatic carbocycles. The summed E-state index contributed by atoms with van der Waals surface area (Å²) in [7, 11) is 1.62. The summed E-state index contributed by atoms with van der Waals surface area (Å²) < 4.78 is 0. The molecule has 55 heavy (non-hydrogen) atoms. The average molecular weight is 741 g/mol. The third-order valence-electron chi connectivity index (χ3n) is 11.5. The van der Waals surface area contributed by atoms with Crippen molar-refractivity contribution >= 4 is 40.2 Å². The molecule has 4 heterocycles. The molecule has 0 spiro atoms. The first-order chi connectivity index (χ1) is 26.7. The zero-order valence-corrected chi connectivity index (χ0v) is 32.0. The van der Waals surface area contributed by atoms with Crippen molar-refractivity contribution in [3.8, 4) is 5.75 Å². The Morgan fingerprint density at radius 2 is 1.45 bits per heavy atom. The Bertz CT molecular complexity index is 1980. The van der Waals surface area contributed by atoms with Crippen LogP contribution in [0.4, 0.5) is 11.4 Å². The molecular weight excluding hydrogens is 689 g/mol. The Morgan fingerprint density at radius 1 is 0.800 bits per heavy atom. The molecule has 1 unspecified atom stereocenters. The van der Waals surface area contributed by atoms with Crippen LogP contribution >= 0.6 is 0 Å². The van der Waals surface area contributed by atoms with Crippen molar-refractivity contribution in [2.24, 2.45) is 5.92 Å². The van der Waals surface area contributed by atoms with Crippen LogP contribution in [0.2, 0.25) is 0 Å². The van der Waals surface area contributed by atoms with E-state index in [0.717, 1.165) is 63.5 Å². The molecule has 3 fully saturated rings. The number of carbonyl (C=O) groups is 3. The van der Waals surface area contributed by atoms with Crippen LogP contribution in [-0.2, 0) is 20.8 Å². The molecular formula is C45H52N6O4. The van der Waals surface area contributed by atoms with Crippen LogP contribution in [0.5, 0.6) is 5.75 Å². The van der Waals surface area contributed by atoms with Gasteiger partial charge in [0.2, 0.25) is 17.7 Å². The number of imide groups is 1. The largest absolute Gasteiger partial charge is 0.508 e. The first-order valence-electron chi connectivity index (χ1n) is 19.7. The van der Waals surface area contributed by atoms with Crippen molar-refractivity contribution in [3.05, 3.63) is 120 Å².